The van der Waals surface area contributed by atoms with Gasteiger partial charge in [0.1, 0.15) is 4.88 Å². The van der Waals surface area contributed by atoms with Crippen molar-refractivity contribution in [1.29, 1.82) is 0 Å². The van der Waals surface area contributed by atoms with Crippen molar-refractivity contribution in [3.05, 3.63) is 46.6 Å². The highest BCUT2D eigenvalue weighted by Gasteiger charge is 2.13. The number of esters is 1. The van der Waals surface area contributed by atoms with Gasteiger partial charge in [-0.1, -0.05) is 23.5 Å². The summed E-state index contributed by atoms with van der Waals surface area (Å²) in [6.45, 7) is 4.18. The van der Waals surface area contributed by atoms with E-state index in [-0.39, 0.29) is 5.97 Å². The zero-order chi connectivity index (χ0) is 14.3. The third-order valence-electron chi connectivity index (χ3n) is 3.35. The number of carbonyl (C=O) groups is 1. The summed E-state index contributed by atoms with van der Waals surface area (Å²) in [6.07, 6.45) is 3.69. The van der Waals surface area contributed by atoms with E-state index in [4.69, 9.17) is 4.74 Å². The van der Waals surface area contributed by atoms with Gasteiger partial charge in [-0.05, 0) is 31.0 Å². The van der Waals surface area contributed by atoms with E-state index in [9.17, 15) is 4.79 Å². The Kier molecular flexibility index (Phi) is 3.06. The van der Waals surface area contributed by atoms with E-state index >= 15 is 0 Å². The van der Waals surface area contributed by atoms with Crippen molar-refractivity contribution in [2.24, 2.45) is 0 Å². The van der Waals surface area contributed by atoms with Gasteiger partial charge in [-0.25, -0.2) is 9.78 Å². The lowest BCUT2D eigenvalue weighted by Gasteiger charge is -2.02. The van der Waals surface area contributed by atoms with Crippen molar-refractivity contribution >= 4 is 22.3 Å². The number of aromatic nitrogens is 2. The van der Waals surface area contributed by atoms with Gasteiger partial charge < -0.3 is 4.74 Å². The number of rotatable bonds is 2. The molecule has 0 saturated carbocycles. The lowest BCUT2D eigenvalue weighted by molar-refractivity contribution is 0.0606. The molecule has 0 aliphatic rings. The van der Waals surface area contributed by atoms with E-state index in [0.29, 0.717) is 4.88 Å². The molecule has 20 heavy (non-hydrogen) atoms. The number of hydrogen-bond acceptors (Lipinski definition) is 4. The van der Waals surface area contributed by atoms with Crippen LogP contribution in [-0.4, -0.2) is 22.5 Å². The first kappa shape index (κ1) is 12.9. The van der Waals surface area contributed by atoms with Gasteiger partial charge in [0.2, 0.25) is 0 Å². The van der Waals surface area contributed by atoms with Crippen molar-refractivity contribution in [2.75, 3.05) is 7.11 Å². The van der Waals surface area contributed by atoms with Gasteiger partial charge in [0.15, 0.2) is 4.96 Å². The molecule has 2 heterocycles. The molecule has 3 aromatic rings. The topological polar surface area (TPSA) is 43.6 Å². The third kappa shape index (κ3) is 2.10. The second kappa shape index (κ2) is 4.76. The van der Waals surface area contributed by atoms with Crippen LogP contribution < -0.4 is 0 Å². The summed E-state index contributed by atoms with van der Waals surface area (Å²) in [6, 6.07) is 6.29. The van der Waals surface area contributed by atoms with Crippen LogP contribution in [0.1, 0.15) is 20.8 Å². The molecule has 0 N–H and O–H groups in total. The van der Waals surface area contributed by atoms with Crippen LogP contribution in [0.25, 0.3) is 16.2 Å². The Morgan fingerprint density at radius 3 is 2.70 bits per heavy atom. The predicted molar refractivity (Wildman–Crippen MR) is 79.3 cm³/mol. The number of methoxy groups -OCH3 is 1. The summed E-state index contributed by atoms with van der Waals surface area (Å²) in [4.78, 5) is 17.4. The second-order valence-corrected chi connectivity index (χ2v) is 5.71. The van der Waals surface area contributed by atoms with E-state index in [1.165, 1.54) is 29.6 Å². The zero-order valence-corrected chi connectivity index (χ0v) is 12.3. The smallest absolute Gasteiger partial charge is 0.349 e. The van der Waals surface area contributed by atoms with Gasteiger partial charge in [0.25, 0.3) is 0 Å². The van der Waals surface area contributed by atoms with Gasteiger partial charge >= 0.3 is 5.97 Å². The van der Waals surface area contributed by atoms with Gasteiger partial charge in [-0.2, -0.15) is 0 Å². The number of fused-ring (bicyclic) bond motifs is 1. The van der Waals surface area contributed by atoms with E-state index in [1.807, 2.05) is 10.6 Å². The molecule has 0 atom stereocenters. The quantitative estimate of drug-likeness (QED) is 0.678. The summed E-state index contributed by atoms with van der Waals surface area (Å²) in [5.41, 5.74) is 4.51. The maximum atomic E-state index is 11.5. The highest BCUT2D eigenvalue weighted by atomic mass is 32.1. The molecule has 0 bridgehead atoms. The average molecular weight is 286 g/mol. The Bertz CT molecular complexity index is 770. The summed E-state index contributed by atoms with van der Waals surface area (Å²) >= 11 is 1.33. The Morgan fingerprint density at radius 2 is 2.05 bits per heavy atom. The summed E-state index contributed by atoms with van der Waals surface area (Å²) in [5, 5.41) is 0. The number of hydrogen-bond donors (Lipinski definition) is 0. The third-order valence-corrected chi connectivity index (χ3v) is 4.32. The lowest BCUT2D eigenvalue weighted by Crippen LogP contribution is -1.97. The highest BCUT2D eigenvalue weighted by Crippen LogP contribution is 2.25. The standard InChI is InChI=1S/C15H14N2O2S/c1-9-4-5-11(6-10(9)2)12-7-17-8-13(14(18)19-3)20-15(17)16-12/h4-8H,1-3H3. The van der Waals surface area contributed by atoms with Gasteiger partial charge in [0, 0.05) is 18.0 Å². The molecule has 0 radical (unpaired) electrons. The number of ether oxygens (including phenoxy) is 1. The van der Waals surface area contributed by atoms with Gasteiger partial charge in [-0.15, -0.1) is 0 Å². The van der Waals surface area contributed by atoms with E-state index in [0.717, 1.165) is 16.2 Å². The van der Waals surface area contributed by atoms with Crippen molar-refractivity contribution in [2.45, 2.75) is 13.8 Å². The molecule has 0 unspecified atom stereocenters. The SMILES string of the molecule is COC(=O)c1cn2cc(-c3ccc(C)c(C)c3)nc2s1. The number of imidazole rings is 1. The normalized spacial score (nSPS) is 10.9. The molecule has 0 aliphatic carbocycles. The molecule has 3 rings (SSSR count). The van der Waals surface area contributed by atoms with Gasteiger partial charge in [0.05, 0.1) is 12.8 Å². The fourth-order valence-electron chi connectivity index (χ4n) is 2.03. The Balaban J connectivity index is 2.03. The fraction of sp³-hybridized carbons (Fsp3) is 0.200. The molecule has 0 saturated heterocycles. The molecular weight excluding hydrogens is 272 g/mol. The Hall–Kier alpha value is -2.14. The minimum absolute atomic E-state index is 0.326. The van der Waals surface area contributed by atoms with Crippen LogP contribution in [0, 0.1) is 13.8 Å². The summed E-state index contributed by atoms with van der Waals surface area (Å²) in [5.74, 6) is -0.326. The number of nitrogens with zero attached hydrogens (tertiary/aromatic N) is 2. The number of aryl methyl sites for hydroxylation is 2. The van der Waals surface area contributed by atoms with Crippen LogP contribution in [0.2, 0.25) is 0 Å². The van der Waals surface area contributed by atoms with Crippen molar-refractivity contribution in [1.82, 2.24) is 9.38 Å². The average Bonchev–Trinajstić information content (AvgIpc) is 2.99. The molecule has 4 nitrogen and oxygen atoms in total. The largest absolute Gasteiger partial charge is 0.465 e. The lowest BCUT2D eigenvalue weighted by atomic mass is 10.1. The number of benzene rings is 1. The zero-order valence-electron chi connectivity index (χ0n) is 11.5. The first-order valence-electron chi connectivity index (χ1n) is 6.23. The highest BCUT2D eigenvalue weighted by molar-refractivity contribution is 7.18. The van der Waals surface area contributed by atoms with E-state index in [1.54, 1.807) is 6.20 Å². The van der Waals surface area contributed by atoms with Crippen molar-refractivity contribution in [3.8, 4) is 11.3 Å². The number of thiazole rings is 1. The summed E-state index contributed by atoms with van der Waals surface area (Å²) < 4.78 is 6.57. The molecule has 5 heteroatoms. The summed E-state index contributed by atoms with van der Waals surface area (Å²) in [7, 11) is 1.38. The van der Waals surface area contributed by atoms with E-state index < -0.39 is 0 Å². The minimum Gasteiger partial charge on any atom is -0.465 e. The van der Waals surface area contributed by atoms with Crippen LogP contribution in [0.15, 0.2) is 30.6 Å². The molecule has 0 aliphatic heterocycles. The van der Waals surface area contributed by atoms with Gasteiger partial charge in [-0.3, -0.25) is 4.40 Å². The molecule has 1 aromatic carbocycles. The molecule has 0 amide bonds. The monoisotopic (exact) mass is 286 g/mol. The van der Waals surface area contributed by atoms with Crippen LogP contribution >= 0.6 is 11.3 Å². The maximum absolute atomic E-state index is 11.5. The maximum Gasteiger partial charge on any atom is 0.349 e. The number of carbonyl (C=O) groups excluding carboxylic acids is 1. The van der Waals surface area contributed by atoms with Crippen LogP contribution in [0.5, 0.6) is 0 Å². The first-order chi connectivity index (χ1) is 9.58. The molecular formula is C15H14N2O2S. The van der Waals surface area contributed by atoms with Crippen LogP contribution in [0.3, 0.4) is 0 Å². The molecule has 102 valence electrons. The Labute approximate surface area is 120 Å². The first-order valence-corrected chi connectivity index (χ1v) is 7.04. The second-order valence-electron chi connectivity index (χ2n) is 4.70. The predicted octanol–water partition coefficient (Wildman–Crippen LogP) is 3.47. The van der Waals surface area contributed by atoms with Crippen molar-refractivity contribution in [3.63, 3.8) is 0 Å². The molecule has 0 spiro atoms. The minimum atomic E-state index is -0.326. The van der Waals surface area contributed by atoms with E-state index in [2.05, 4.69) is 37.0 Å². The molecule has 0 fully saturated rings. The Morgan fingerprint density at radius 1 is 1.25 bits per heavy atom. The van der Waals surface area contributed by atoms with Crippen LogP contribution in [0.4, 0.5) is 0 Å². The fourth-order valence-corrected chi connectivity index (χ4v) is 2.91. The van der Waals surface area contributed by atoms with Crippen molar-refractivity contribution < 1.29 is 9.53 Å². The van der Waals surface area contributed by atoms with Crippen LogP contribution in [-0.2, 0) is 4.74 Å². The molecule has 2 aromatic heterocycles.